The second-order valence-electron chi connectivity index (χ2n) is 6.03. The summed E-state index contributed by atoms with van der Waals surface area (Å²) in [5.74, 6) is 1.66. The number of amides is 1. The lowest BCUT2D eigenvalue weighted by molar-refractivity contribution is -0.128. The molecular weight excluding hydrogens is 282 g/mol. The average Bonchev–Trinajstić information content (AvgIpc) is 2.41. The predicted molar refractivity (Wildman–Crippen MR) is 91.1 cm³/mol. The summed E-state index contributed by atoms with van der Waals surface area (Å²) in [6, 6.07) is 7.78. The van der Waals surface area contributed by atoms with E-state index in [1.807, 2.05) is 49.9 Å². The molecule has 1 amide bonds. The number of hydrogen-bond donors (Lipinski definition) is 1. The Bertz CT molecular complexity index is 454. The molecule has 0 aromatic heterocycles. The van der Waals surface area contributed by atoms with Gasteiger partial charge in [-0.15, -0.1) is 0 Å². The SMILES string of the molecule is CC[C@H](Oc1ccccc1C)C(=O)NCCSC(C)(C)C. The maximum absolute atomic E-state index is 12.2. The van der Waals surface area contributed by atoms with Gasteiger partial charge in [-0.25, -0.2) is 0 Å². The van der Waals surface area contributed by atoms with Gasteiger partial charge in [0.15, 0.2) is 6.10 Å². The van der Waals surface area contributed by atoms with Crippen molar-refractivity contribution in [3.05, 3.63) is 29.8 Å². The molecule has 1 N–H and O–H groups in total. The molecule has 0 bridgehead atoms. The van der Waals surface area contributed by atoms with Crippen LogP contribution < -0.4 is 10.1 Å². The Morgan fingerprint density at radius 1 is 1.33 bits per heavy atom. The van der Waals surface area contributed by atoms with E-state index in [-0.39, 0.29) is 10.7 Å². The van der Waals surface area contributed by atoms with Gasteiger partial charge in [-0.1, -0.05) is 45.9 Å². The van der Waals surface area contributed by atoms with Crippen LogP contribution in [0.3, 0.4) is 0 Å². The van der Waals surface area contributed by atoms with Crippen molar-refractivity contribution in [1.29, 1.82) is 0 Å². The summed E-state index contributed by atoms with van der Waals surface area (Å²) >= 11 is 1.85. The molecule has 0 heterocycles. The van der Waals surface area contributed by atoms with E-state index < -0.39 is 6.10 Å². The van der Waals surface area contributed by atoms with Crippen LogP contribution in [0.1, 0.15) is 39.7 Å². The molecule has 0 saturated carbocycles. The first-order valence-electron chi connectivity index (χ1n) is 7.47. The van der Waals surface area contributed by atoms with E-state index in [0.717, 1.165) is 17.1 Å². The van der Waals surface area contributed by atoms with E-state index in [4.69, 9.17) is 4.74 Å². The summed E-state index contributed by atoms with van der Waals surface area (Å²) < 4.78 is 6.06. The highest BCUT2D eigenvalue weighted by molar-refractivity contribution is 8.00. The van der Waals surface area contributed by atoms with Gasteiger partial charge in [0.2, 0.25) is 0 Å². The Hall–Kier alpha value is -1.16. The molecule has 0 fully saturated rings. The van der Waals surface area contributed by atoms with Crippen molar-refractivity contribution in [1.82, 2.24) is 5.32 Å². The molecule has 0 spiro atoms. The van der Waals surface area contributed by atoms with Gasteiger partial charge in [0.25, 0.3) is 5.91 Å². The van der Waals surface area contributed by atoms with Gasteiger partial charge in [0.05, 0.1) is 0 Å². The molecule has 0 aliphatic rings. The summed E-state index contributed by atoms with van der Waals surface area (Å²) in [4.78, 5) is 12.2. The third-order valence-corrected chi connectivity index (χ3v) is 4.24. The summed E-state index contributed by atoms with van der Waals surface area (Å²) in [7, 11) is 0. The van der Waals surface area contributed by atoms with Crippen LogP contribution in [0.5, 0.6) is 5.75 Å². The van der Waals surface area contributed by atoms with E-state index in [9.17, 15) is 4.79 Å². The number of thioether (sulfide) groups is 1. The number of para-hydroxylation sites is 1. The van der Waals surface area contributed by atoms with Gasteiger partial charge in [0, 0.05) is 17.0 Å². The van der Waals surface area contributed by atoms with Crippen molar-refractivity contribution >= 4 is 17.7 Å². The van der Waals surface area contributed by atoms with Crippen LogP contribution in [0.4, 0.5) is 0 Å². The van der Waals surface area contributed by atoms with Crippen LogP contribution >= 0.6 is 11.8 Å². The number of benzene rings is 1. The molecule has 0 unspecified atom stereocenters. The first-order valence-corrected chi connectivity index (χ1v) is 8.46. The lowest BCUT2D eigenvalue weighted by atomic mass is 10.2. The van der Waals surface area contributed by atoms with Crippen LogP contribution in [0.2, 0.25) is 0 Å². The van der Waals surface area contributed by atoms with Crippen LogP contribution in [0, 0.1) is 6.92 Å². The van der Waals surface area contributed by atoms with Gasteiger partial charge >= 0.3 is 0 Å². The second-order valence-corrected chi connectivity index (χ2v) is 7.95. The fourth-order valence-electron chi connectivity index (χ4n) is 1.81. The largest absolute Gasteiger partial charge is 0.480 e. The quantitative estimate of drug-likeness (QED) is 0.779. The standard InChI is InChI=1S/C17H27NO2S/c1-6-14(20-15-10-8-7-9-13(15)2)16(19)18-11-12-21-17(3,4)5/h7-10,14H,6,11-12H2,1-5H3,(H,18,19)/t14-/m0/s1. The van der Waals surface area contributed by atoms with Crippen LogP contribution in [0.15, 0.2) is 24.3 Å². The van der Waals surface area contributed by atoms with Crippen molar-refractivity contribution in [2.75, 3.05) is 12.3 Å². The molecule has 1 atom stereocenters. The van der Waals surface area contributed by atoms with E-state index in [2.05, 4.69) is 26.1 Å². The predicted octanol–water partition coefficient (Wildman–Crippen LogP) is 3.80. The van der Waals surface area contributed by atoms with Crippen molar-refractivity contribution in [3.63, 3.8) is 0 Å². The third kappa shape index (κ3) is 6.89. The number of carbonyl (C=O) groups is 1. The first-order chi connectivity index (χ1) is 9.83. The number of nitrogens with one attached hydrogen (secondary N) is 1. The molecule has 3 nitrogen and oxygen atoms in total. The van der Waals surface area contributed by atoms with Gasteiger partial charge in [-0.05, 0) is 25.0 Å². The molecule has 0 aliphatic heterocycles. The molecule has 21 heavy (non-hydrogen) atoms. The highest BCUT2D eigenvalue weighted by Gasteiger charge is 2.19. The smallest absolute Gasteiger partial charge is 0.261 e. The molecule has 0 radical (unpaired) electrons. The lowest BCUT2D eigenvalue weighted by Crippen LogP contribution is -2.39. The lowest BCUT2D eigenvalue weighted by Gasteiger charge is -2.20. The average molecular weight is 309 g/mol. The van der Waals surface area contributed by atoms with Crippen LogP contribution in [-0.4, -0.2) is 29.1 Å². The second kappa shape index (κ2) is 8.32. The van der Waals surface area contributed by atoms with E-state index >= 15 is 0 Å². The highest BCUT2D eigenvalue weighted by atomic mass is 32.2. The minimum Gasteiger partial charge on any atom is -0.480 e. The molecule has 1 aromatic rings. The molecule has 0 aliphatic carbocycles. The number of carbonyl (C=O) groups excluding carboxylic acids is 1. The van der Waals surface area contributed by atoms with Gasteiger partial charge < -0.3 is 10.1 Å². The number of hydrogen-bond acceptors (Lipinski definition) is 3. The number of rotatable bonds is 7. The summed E-state index contributed by atoms with van der Waals surface area (Å²) in [6.07, 6.45) is 0.234. The van der Waals surface area contributed by atoms with Crippen LogP contribution in [-0.2, 0) is 4.79 Å². The molecule has 1 aromatic carbocycles. The zero-order chi connectivity index (χ0) is 15.9. The Morgan fingerprint density at radius 2 is 2.00 bits per heavy atom. The monoisotopic (exact) mass is 309 g/mol. The maximum atomic E-state index is 12.2. The molecule has 0 saturated heterocycles. The molecular formula is C17H27NO2S. The minimum atomic E-state index is -0.425. The Kier molecular flexibility index (Phi) is 7.09. The van der Waals surface area contributed by atoms with E-state index in [1.54, 1.807) is 0 Å². The number of ether oxygens (including phenoxy) is 1. The Labute approximate surface area is 132 Å². The number of aryl methyl sites for hydroxylation is 1. The Balaban J connectivity index is 2.45. The fraction of sp³-hybridized carbons (Fsp3) is 0.588. The van der Waals surface area contributed by atoms with Crippen molar-refractivity contribution in [3.8, 4) is 5.75 Å². The summed E-state index contributed by atoms with van der Waals surface area (Å²) in [5, 5.41) is 2.96. The van der Waals surface area contributed by atoms with E-state index in [0.29, 0.717) is 13.0 Å². The summed E-state index contributed by atoms with van der Waals surface area (Å²) in [5.41, 5.74) is 1.05. The third-order valence-electron chi connectivity index (χ3n) is 2.96. The zero-order valence-corrected chi connectivity index (χ0v) is 14.5. The van der Waals surface area contributed by atoms with Gasteiger partial charge in [-0.2, -0.15) is 11.8 Å². The fourth-order valence-corrected chi connectivity index (χ4v) is 2.63. The molecule has 4 heteroatoms. The van der Waals surface area contributed by atoms with Crippen molar-refractivity contribution < 1.29 is 9.53 Å². The zero-order valence-electron chi connectivity index (χ0n) is 13.7. The molecule has 118 valence electrons. The van der Waals surface area contributed by atoms with Gasteiger partial charge in [-0.3, -0.25) is 4.79 Å². The van der Waals surface area contributed by atoms with E-state index in [1.165, 1.54) is 0 Å². The maximum Gasteiger partial charge on any atom is 0.261 e. The normalized spacial score (nSPS) is 12.8. The Morgan fingerprint density at radius 3 is 2.57 bits per heavy atom. The topological polar surface area (TPSA) is 38.3 Å². The highest BCUT2D eigenvalue weighted by Crippen LogP contribution is 2.22. The van der Waals surface area contributed by atoms with Crippen LogP contribution in [0.25, 0.3) is 0 Å². The molecule has 1 rings (SSSR count). The van der Waals surface area contributed by atoms with Crippen molar-refractivity contribution in [2.24, 2.45) is 0 Å². The minimum absolute atomic E-state index is 0.0322. The summed E-state index contributed by atoms with van der Waals surface area (Å²) in [6.45, 7) is 11.2. The first kappa shape index (κ1) is 17.9. The van der Waals surface area contributed by atoms with Crippen molar-refractivity contribution in [2.45, 2.75) is 51.9 Å². The van der Waals surface area contributed by atoms with Gasteiger partial charge in [0.1, 0.15) is 5.75 Å².